The van der Waals surface area contributed by atoms with Crippen molar-refractivity contribution < 1.29 is 14.4 Å². The summed E-state index contributed by atoms with van der Waals surface area (Å²) in [6.07, 6.45) is 1.11. The molecule has 0 spiro atoms. The Hall–Kier alpha value is -3.97. The third-order valence-corrected chi connectivity index (χ3v) is 7.78. The van der Waals surface area contributed by atoms with E-state index in [0.717, 1.165) is 32.1 Å². The van der Waals surface area contributed by atoms with E-state index in [9.17, 15) is 14.4 Å². The lowest BCUT2D eigenvalue weighted by molar-refractivity contribution is -0.141. The summed E-state index contributed by atoms with van der Waals surface area (Å²) in [5.74, 6) is -0.324. The average molecular weight is 599 g/mol. The monoisotopic (exact) mass is 597 g/mol. The van der Waals surface area contributed by atoms with E-state index in [-0.39, 0.29) is 24.1 Å². The maximum Gasteiger partial charge on any atom is 0.258 e. The van der Waals surface area contributed by atoms with Crippen molar-refractivity contribution in [3.05, 3.63) is 112 Å². The predicted molar refractivity (Wildman–Crippen MR) is 162 cm³/mol. The van der Waals surface area contributed by atoms with Crippen LogP contribution in [0.15, 0.2) is 95.5 Å². The first-order valence-electron chi connectivity index (χ1n) is 13.7. The Morgan fingerprint density at radius 2 is 1.65 bits per heavy atom. The van der Waals surface area contributed by atoms with Crippen molar-refractivity contribution in [3.8, 4) is 0 Å². The summed E-state index contributed by atoms with van der Waals surface area (Å²) in [5.41, 5.74) is 3.51. The third kappa shape index (κ3) is 5.94. The number of rotatable bonds is 11. The van der Waals surface area contributed by atoms with Crippen molar-refractivity contribution in [1.29, 1.82) is 0 Å². The second-order valence-electron chi connectivity index (χ2n) is 9.99. The number of benzene rings is 4. The van der Waals surface area contributed by atoms with Gasteiger partial charge in [0.1, 0.15) is 6.04 Å². The summed E-state index contributed by atoms with van der Waals surface area (Å²) in [4.78, 5) is 43.9. The highest BCUT2D eigenvalue weighted by Gasteiger charge is 2.32. The number of amides is 3. The molecular weight excluding hydrogens is 566 g/mol. The van der Waals surface area contributed by atoms with Gasteiger partial charge in [0.25, 0.3) is 5.91 Å². The summed E-state index contributed by atoms with van der Waals surface area (Å²) in [5, 5.41) is 4.94. The first-order chi connectivity index (χ1) is 19.5. The fourth-order valence-corrected chi connectivity index (χ4v) is 5.86. The highest BCUT2D eigenvalue weighted by molar-refractivity contribution is 9.10. The van der Waals surface area contributed by atoms with Crippen molar-refractivity contribution in [2.75, 3.05) is 18.0 Å². The molecule has 0 unspecified atom stereocenters. The van der Waals surface area contributed by atoms with E-state index >= 15 is 0 Å². The number of nitrogens with one attached hydrogen (secondary N) is 1. The van der Waals surface area contributed by atoms with Crippen molar-refractivity contribution in [2.24, 2.45) is 0 Å². The van der Waals surface area contributed by atoms with Crippen LogP contribution in [0.5, 0.6) is 0 Å². The van der Waals surface area contributed by atoms with Crippen molar-refractivity contribution in [2.45, 2.75) is 38.8 Å². The number of nitrogens with zero attached hydrogens (tertiary/aromatic N) is 2. The molecule has 204 valence electrons. The van der Waals surface area contributed by atoms with Crippen molar-refractivity contribution >= 4 is 50.1 Å². The fourth-order valence-electron chi connectivity index (χ4n) is 5.41. The van der Waals surface area contributed by atoms with E-state index in [4.69, 9.17) is 0 Å². The number of halogens is 1. The standard InChI is InChI=1S/C33H32BrN3O3/c1-2-35-32(39)29(21-23-10-4-3-5-11-23)37(22-24-12-6-15-26(34)20-24)30(38)18-9-19-36-28-17-8-14-25-13-7-16-27(31(25)28)33(36)40/h3-8,10-17,20,29H,2,9,18-19,21-22H2,1H3,(H,35,39)/t29-/m1/s1. The van der Waals surface area contributed by atoms with Crippen molar-refractivity contribution in [3.63, 3.8) is 0 Å². The molecule has 4 aromatic rings. The Kier molecular flexibility index (Phi) is 8.60. The Bertz CT molecular complexity index is 1530. The van der Waals surface area contributed by atoms with E-state index in [1.165, 1.54) is 0 Å². The summed E-state index contributed by atoms with van der Waals surface area (Å²) < 4.78 is 0.913. The Balaban J connectivity index is 1.36. The molecule has 0 saturated heterocycles. The number of hydrogen-bond acceptors (Lipinski definition) is 3. The number of anilines is 1. The molecule has 7 heteroatoms. The maximum atomic E-state index is 13.9. The smallest absolute Gasteiger partial charge is 0.258 e. The SMILES string of the molecule is CCNC(=O)[C@@H](Cc1ccccc1)N(Cc1cccc(Br)c1)C(=O)CCCN1C(=O)c2cccc3cccc1c23. The molecular formula is C33H32BrN3O3. The Labute approximate surface area is 243 Å². The lowest BCUT2D eigenvalue weighted by Crippen LogP contribution is -2.50. The van der Waals surface area contributed by atoms with Gasteiger partial charge in [0.15, 0.2) is 0 Å². The van der Waals surface area contributed by atoms with E-state index in [0.29, 0.717) is 38.0 Å². The van der Waals surface area contributed by atoms with Crippen LogP contribution in [-0.4, -0.2) is 41.8 Å². The van der Waals surface area contributed by atoms with Gasteiger partial charge in [-0.2, -0.15) is 0 Å². The minimum absolute atomic E-state index is 0.0329. The van der Waals surface area contributed by atoms with Gasteiger partial charge in [-0.1, -0.05) is 82.7 Å². The summed E-state index contributed by atoms with van der Waals surface area (Å²) in [7, 11) is 0. The van der Waals surface area contributed by atoms with Crippen LogP contribution in [0.4, 0.5) is 5.69 Å². The van der Waals surface area contributed by atoms with Crippen LogP contribution in [0.25, 0.3) is 10.8 Å². The second-order valence-corrected chi connectivity index (χ2v) is 10.9. The fraction of sp³-hybridized carbons (Fsp3) is 0.242. The zero-order valence-corrected chi connectivity index (χ0v) is 24.1. The van der Waals surface area contributed by atoms with Gasteiger partial charge in [-0.3, -0.25) is 14.4 Å². The summed E-state index contributed by atoms with van der Waals surface area (Å²) in [6, 6.07) is 28.6. The van der Waals surface area contributed by atoms with Crippen LogP contribution >= 0.6 is 15.9 Å². The molecule has 1 heterocycles. The van der Waals surface area contributed by atoms with E-state index < -0.39 is 6.04 Å². The van der Waals surface area contributed by atoms with Crippen LogP contribution in [0.1, 0.15) is 41.3 Å². The number of carbonyl (C=O) groups excluding carboxylic acids is 3. The highest BCUT2D eigenvalue weighted by Crippen LogP contribution is 2.37. The highest BCUT2D eigenvalue weighted by atomic mass is 79.9. The molecule has 0 radical (unpaired) electrons. The topological polar surface area (TPSA) is 69.7 Å². The summed E-state index contributed by atoms with van der Waals surface area (Å²) >= 11 is 3.52. The predicted octanol–water partition coefficient (Wildman–Crippen LogP) is 6.12. The second kappa shape index (κ2) is 12.5. The molecule has 1 aliphatic heterocycles. The minimum Gasteiger partial charge on any atom is -0.355 e. The normalized spacial score (nSPS) is 12.9. The van der Waals surface area contributed by atoms with Gasteiger partial charge in [0.05, 0.1) is 5.69 Å². The molecule has 6 nitrogen and oxygen atoms in total. The van der Waals surface area contributed by atoms with Crippen LogP contribution in [0, 0.1) is 0 Å². The molecule has 1 N–H and O–H groups in total. The van der Waals surface area contributed by atoms with E-state index in [2.05, 4.69) is 21.2 Å². The molecule has 0 saturated carbocycles. The van der Waals surface area contributed by atoms with Gasteiger partial charge in [0.2, 0.25) is 11.8 Å². The lowest BCUT2D eigenvalue weighted by atomic mass is 10.0. The molecule has 3 amide bonds. The largest absolute Gasteiger partial charge is 0.355 e. The van der Waals surface area contributed by atoms with Crippen LogP contribution < -0.4 is 10.2 Å². The van der Waals surface area contributed by atoms with Gasteiger partial charge < -0.3 is 15.1 Å². The quantitative estimate of drug-likeness (QED) is 0.226. The number of likely N-dealkylation sites (N-methyl/N-ethyl adjacent to an activating group) is 1. The molecule has 0 bridgehead atoms. The first-order valence-corrected chi connectivity index (χ1v) is 14.4. The van der Waals surface area contributed by atoms with Gasteiger partial charge >= 0.3 is 0 Å². The van der Waals surface area contributed by atoms with Gasteiger partial charge in [-0.25, -0.2) is 0 Å². The molecule has 0 fully saturated rings. The number of hydrogen-bond donors (Lipinski definition) is 1. The molecule has 1 atom stereocenters. The first kappa shape index (κ1) is 27.6. The molecule has 1 aliphatic rings. The van der Waals surface area contributed by atoms with Gasteiger partial charge in [0, 0.05) is 47.9 Å². The van der Waals surface area contributed by atoms with E-state index in [1.807, 2.05) is 97.9 Å². The third-order valence-electron chi connectivity index (χ3n) is 7.29. The molecule has 5 rings (SSSR count). The minimum atomic E-state index is -0.666. The average Bonchev–Trinajstić information content (AvgIpc) is 3.23. The van der Waals surface area contributed by atoms with Crippen LogP contribution in [-0.2, 0) is 22.6 Å². The molecule has 40 heavy (non-hydrogen) atoms. The maximum absolute atomic E-state index is 13.9. The number of carbonyl (C=O) groups is 3. The van der Waals surface area contributed by atoms with E-state index in [1.54, 1.807) is 9.80 Å². The zero-order valence-electron chi connectivity index (χ0n) is 22.5. The molecule has 4 aromatic carbocycles. The van der Waals surface area contributed by atoms with Crippen LogP contribution in [0.2, 0.25) is 0 Å². The van der Waals surface area contributed by atoms with Gasteiger partial charge in [-0.05, 0) is 54.1 Å². The van der Waals surface area contributed by atoms with Gasteiger partial charge in [-0.15, -0.1) is 0 Å². The van der Waals surface area contributed by atoms with Crippen molar-refractivity contribution in [1.82, 2.24) is 10.2 Å². The lowest BCUT2D eigenvalue weighted by Gasteiger charge is -2.32. The van der Waals surface area contributed by atoms with Crippen LogP contribution in [0.3, 0.4) is 0 Å². The zero-order chi connectivity index (χ0) is 28.1. The summed E-state index contributed by atoms with van der Waals surface area (Å²) in [6.45, 7) is 3.09. The molecule has 0 aliphatic carbocycles. The Morgan fingerprint density at radius 1 is 0.925 bits per heavy atom. The Morgan fingerprint density at radius 3 is 2.40 bits per heavy atom. The molecule has 0 aromatic heterocycles.